The minimum absolute atomic E-state index is 0.139. The normalized spacial score (nSPS) is 13.2. The second-order valence-electron chi connectivity index (χ2n) is 4.16. The van der Waals surface area contributed by atoms with E-state index in [4.69, 9.17) is 11.6 Å². The van der Waals surface area contributed by atoms with E-state index in [-0.39, 0.29) is 16.5 Å². The molecule has 9 heteroatoms. The molecule has 112 valence electrons. The lowest BCUT2D eigenvalue weighted by Crippen LogP contribution is -2.32. The SMILES string of the molecule is CCCC(O)CNS(=O)(=O)c1ccc(Cl)c([N+](=O)[O-])c1. The zero-order chi connectivity index (χ0) is 15.3. The summed E-state index contributed by atoms with van der Waals surface area (Å²) in [6.45, 7) is 1.72. The van der Waals surface area contributed by atoms with Gasteiger partial charge in [0, 0.05) is 12.6 Å². The van der Waals surface area contributed by atoms with Crippen LogP contribution in [0.25, 0.3) is 0 Å². The fraction of sp³-hybridized carbons (Fsp3) is 0.455. The predicted molar refractivity (Wildman–Crippen MR) is 74.2 cm³/mol. The number of sulfonamides is 1. The van der Waals surface area contributed by atoms with Crippen molar-refractivity contribution >= 4 is 27.3 Å². The van der Waals surface area contributed by atoms with E-state index < -0.39 is 26.7 Å². The molecule has 0 aromatic heterocycles. The maximum Gasteiger partial charge on any atom is 0.289 e. The van der Waals surface area contributed by atoms with Crippen LogP contribution in [0.3, 0.4) is 0 Å². The number of benzene rings is 1. The molecule has 0 bridgehead atoms. The molecule has 1 unspecified atom stereocenters. The standard InChI is InChI=1S/C11H15ClN2O5S/c1-2-3-8(15)7-13-20(18,19)9-4-5-10(12)11(6-9)14(16)17/h4-6,8,13,15H,2-3,7H2,1H3. The van der Waals surface area contributed by atoms with Crippen LogP contribution in [0.15, 0.2) is 23.1 Å². The van der Waals surface area contributed by atoms with E-state index in [9.17, 15) is 23.6 Å². The predicted octanol–water partition coefficient (Wildman–Crippen LogP) is 1.69. The maximum absolute atomic E-state index is 11.9. The first kappa shape index (κ1) is 16.8. The number of aliphatic hydroxyl groups excluding tert-OH is 1. The second-order valence-corrected chi connectivity index (χ2v) is 6.34. The molecule has 2 N–H and O–H groups in total. The molecule has 0 saturated heterocycles. The van der Waals surface area contributed by atoms with Crippen molar-refractivity contribution in [3.63, 3.8) is 0 Å². The Labute approximate surface area is 121 Å². The van der Waals surface area contributed by atoms with E-state index in [1.54, 1.807) is 0 Å². The van der Waals surface area contributed by atoms with Crippen molar-refractivity contribution in [3.05, 3.63) is 33.3 Å². The van der Waals surface area contributed by atoms with Crippen molar-refractivity contribution in [2.75, 3.05) is 6.54 Å². The maximum atomic E-state index is 11.9. The zero-order valence-electron chi connectivity index (χ0n) is 10.7. The number of hydrogen-bond acceptors (Lipinski definition) is 5. The summed E-state index contributed by atoms with van der Waals surface area (Å²) in [6.07, 6.45) is 0.385. The Hall–Kier alpha value is -1.22. The van der Waals surface area contributed by atoms with E-state index in [1.165, 1.54) is 6.07 Å². The molecule has 0 amide bonds. The molecule has 0 aliphatic rings. The number of nitrogens with one attached hydrogen (secondary N) is 1. The summed E-state index contributed by atoms with van der Waals surface area (Å²) in [5.41, 5.74) is -0.483. The number of nitro groups is 1. The molecular formula is C11H15ClN2O5S. The second kappa shape index (κ2) is 6.98. The first-order valence-corrected chi connectivity index (χ1v) is 7.75. The van der Waals surface area contributed by atoms with Crippen LogP contribution in [-0.4, -0.2) is 31.1 Å². The number of nitro benzene ring substituents is 1. The number of aliphatic hydroxyl groups is 1. The van der Waals surface area contributed by atoms with Gasteiger partial charge in [-0.05, 0) is 18.6 Å². The van der Waals surface area contributed by atoms with Crippen LogP contribution in [0.2, 0.25) is 5.02 Å². The highest BCUT2D eigenvalue weighted by Gasteiger charge is 2.21. The molecule has 1 aromatic rings. The fourth-order valence-electron chi connectivity index (χ4n) is 1.52. The van der Waals surface area contributed by atoms with E-state index >= 15 is 0 Å². The van der Waals surface area contributed by atoms with Gasteiger partial charge in [-0.2, -0.15) is 0 Å². The third-order valence-electron chi connectivity index (χ3n) is 2.56. The van der Waals surface area contributed by atoms with Crippen molar-refractivity contribution in [1.29, 1.82) is 0 Å². The van der Waals surface area contributed by atoms with Crippen LogP contribution in [0.1, 0.15) is 19.8 Å². The van der Waals surface area contributed by atoms with E-state index in [0.29, 0.717) is 6.42 Å². The minimum Gasteiger partial charge on any atom is -0.392 e. The van der Waals surface area contributed by atoms with Gasteiger partial charge in [-0.1, -0.05) is 24.9 Å². The van der Waals surface area contributed by atoms with Gasteiger partial charge in [0.2, 0.25) is 10.0 Å². The van der Waals surface area contributed by atoms with Crippen molar-refractivity contribution in [2.24, 2.45) is 0 Å². The lowest BCUT2D eigenvalue weighted by molar-refractivity contribution is -0.384. The average Bonchev–Trinajstić information content (AvgIpc) is 2.37. The van der Waals surface area contributed by atoms with Gasteiger partial charge in [0.05, 0.1) is 15.9 Å². The molecule has 0 saturated carbocycles. The third kappa shape index (κ3) is 4.41. The zero-order valence-corrected chi connectivity index (χ0v) is 12.3. The van der Waals surface area contributed by atoms with Crippen LogP contribution >= 0.6 is 11.6 Å². The molecule has 0 spiro atoms. The third-order valence-corrected chi connectivity index (χ3v) is 4.30. The van der Waals surface area contributed by atoms with Gasteiger partial charge in [-0.25, -0.2) is 13.1 Å². The monoisotopic (exact) mass is 322 g/mol. The molecule has 1 rings (SSSR count). The first-order valence-electron chi connectivity index (χ1n) is 5.89. The van der Waals surface area contributed by atoms with Crippen molar-refractivity contribution < 1.29 is 18.4 Å². The molecule has 1 atom stereocenters. The lowest BCUT2D eigenvalue weighted by Gasteiger charge is -2.11. The van der Waals surface area contributed by atoms with Crippen LogP contribution in [0.5, 0.6) is 0 Å². The first-order chi connectivity index (χ1) is 9.27. The molecule has 0 heterocycles. The van der Waals surface area contributed by atoms with Crippen LogP contribution < -0.4 is 4.72 Å². The van der Waals surface area contributed by atoms with Gasteiger partial charge in [0.25, 0.3) is 5.69 Å². The molecule has 7 nitrogen and oxygen atoms in total. The Morgan fingerprint density at radius 3 is 2.70 bits per heavy atom. The topological polar surface area (TPSA) is 110 Å². The van der Waals surface area contributed by atoms with Crippen molar-refractivity contribution in [1.82, 2.24) is 4.72 Å². The molecule has 0 aliphatic carbocycles. The summed E-state index contributed by atoms with van der Waals surface area (Å²) in [6, 6.07) is 3.21. The summed E-state index contributed by atoms with van der Waals surface area (Å²) in [5.74, 6) is 0. The number of rotatable bonds is 7. The number of nitrogens with zero attached hydrogens (tertiary/aromatic N) is 1. The highest BCUT2D eigenvalue weighted by atomic mass is 35.5. The molecule has 1 aromatic carbocycles. The van der Waals surface area contributed by atoms with Gasteiger partial charge >= 0.3 is 0 Å². The minimum atomic E-state index is -3.92. The highest BCUT2D eigenvalue weighted by Crippen LogP contribution is 2.26. The van der Waals surface area contributed by atoms with Crippen LogP contribution in [0.4, 0.5) is 5.69 Å². The molecular weight excluding hydrogens is 308 g/mol. The number of hydrogen-bond donors (Lipinski definition) is 2. The summed E-state index contributed by atoms with van der Waals surface area (Å²) >= 11 is 5.61. The average molecular weight is 323 g/mol. The number of halogens is 1. The Morgan fingerprint density at radius 2 is 2.15 bits per heavy atom. The van der Waals surface area contributed by atoms with E-state index in [0.717, 1.165) is 18.6 Å². The van der Waals surface area contributed by atoms with E-state index in [2.05, 4.69) is 4.72 Å². The largest absolute Gasteiger partial charge is 0.392 e. The Morgan fingerprint density at radius 1 is 1.50 bits per heavy atom. The molecule has 0 fully saturated rings. The van der Waals surface area contributed by atoms with Gasteiger partial charge in [-0.15, -0.1) is 0 Å². The Kier molecular flexibility index (Phi) is 5.88. The lowest BCUT2D eigenvalue weighted by atomic mass is 10.2. The van der Waals surface area contributed by atoms with Crippen molar-refractivity contribution in [3.8, 4) is 0 Å². The molecule has 0 aliphatic heterocycles. The summed E-state index contributed by atoms with van der Waals surface area (Å²) in [5, 5.41) is 20.1. The molecule has 0 radical (unpaired) electrons. The van der Waals surface area contributed by atoms with Gasteiger partial charge in [0.1, 0.15) is 5.02 Å². The van der Waals surface area contributed by atoms with Crippen LogP contribution in [-0.2, 0) is 10.0 Å². The quantitative estimate of drug-likeness (QED) is 0.586. The van der Waals surface area contributed by atoms with Gasteiger partial charge in [0.15, 0.2) is 0 Å². The van der Waals surface area contributed by atoms with Gasteiger partial charge < -0.3 is 5.11 Å². The Bertz CT molecular complexity index is 590. The summed E-state index contributed by atoms with van der Waals surface area (Å²) in [7, 11) is -3.92. The Balaban J connectivity index is 2.93. The van der Waals surface area contributed by atoms with Crippen molar-refractivity contribution in [2.45, 2.75) is 30.8 Å². The smallest absolute Gasteiger partial charge is 0.289 e. The highest BCUT2D eigenvalue weighted by molar-refractivity contribution is 7.89. The fourth-order valence-corrected chi connectivity index (χ4v) is 2.80. The molecule has 20 heavy (non-hydrogen) atoms. The summed E-state index contributed by atoms with van der Waals surface area (Å²) < 4.78 is 26.1. The van der Waals surface area contributed by atoms with Crippen LogP contribution in [0, 0.1) is 10.1 Å². The van der Waals surface area contributed by atoms with E-state index in [1.807, 2.05) is 6.92 Å². The van der Waals surface area contributed by atoms with Gasteiger partial charge in [-0.3, -0.25) is 10.1 Å². The summed E-state index contributed by atoms with van der Waals surface area (Å²) in [4.78, 5) is 9.70.